The SMILES string of the molecule is CN=C(NCc1ccc(F)c(Cl)c1)NCc1ccccc1CN1CCOCC1. The van der Waals surface area contributed by atoms with Crippen molar-refractivity contribution in [3.8, 4) is 0 Å². The Kier molecular flexibility index (Phi) is 7.65. The second-order valence-corrected chi connectivity index (χ2v) is 7.09. The van der Waals surface area contributed by atoms with Gasteiger partial charge in [-0.05, 0) is 28.8 Å². The van der Waals surface area contributed by atoms with Gasteiger partial charge in [-0.1, -0.05) is 41.9 Å². The molecule has 0 saturated carbocycles. The van der Waals surface area contributed by atoms with Crippen LogP contribution in [-0.4, -0.2) is 44.2 Å². The molecule has 150 valence electrons. The van der Waals surface area contributed by atoms with Gasteiger partial charge in [-0.25, -0.2) is 4.39 Å². The second-order valence-electron chi connectivity index (χ2n) is 6.69. The van der Waals surface area contributed by atoms with E-state index >= 15 is 0 Å². The Labute approximate surface area is 170 Å². The van der Waals surface area contributed by atoms with Gasteiger partial charge in [0.25, 0.3) is 0 Å². The van der Waals surface area contributed by atoms with Gasteiger partial charge in [0.2, 0.25) is 0 Å². The lowest BCUT2D eigenvalue weighted by atomic mass is 10.1. The molecule has 1 fully saturated rings. The van der Waals surface area contributed by atoms with Gasteiger partial charge in [0, 0.05) is 39.8 Å². The molecule has 0 amide bonds. The summed E-state index contributed by atoms with van der Waals surface area (Å²) in [5.41, 5.74) is 3.43. The molecule has 1 aliphatic heterocycles. The van der Waals surface area contributed by atoms with Crippen molar-refractivity contribution in [3.05, 3.63) is 70.0 Å². The van der Waals surface area contributed by atoms with Crippen molar-refractivity contribution in [2.24, 2.45) is 4.99 Å². The Morgan fingerprint density at radius 1 is 1.11 bits per heavy atom. The molecular formula is C21H26ClFN4O. The van der Waals surface area contributed by atoms with E-state index in [4.69, 9.17) is 16.3 Å². The van der Waals surface area contributed by atoms with E-state index in [2.05, 4.69) is 44.8 Å². The van der Waals surface area contributed by atoms with E-state index in [9.17, 15) is 4.39 Å². The van der Waals surface area contributed by atoms with Gasteiger partial charge in [-0.15, -0.1) is 0 Å². The van der Waals surface area contributed by atoms with Gasteiger partial charge in [0.15, 0.2) is 5.96 Å². The zero-order chi connectivity index (χ0) is 19.8. The van der Waals surface area contributed by atoms with Crippen LogP contribution in [0, 0.1) is 5.82 Å². The summed E-state index contributed by atoms with van der Waals surface area (Å²) in [6.45, 7) is 5.62. The van der Waals surface area contributed by atoms with Gasteiger partial charge in [-0.2, -0.15) is 0 Å². The lowest BCUT2D eigenvalue weighted by Gasteiger charge is -2.27. The van der Waals surface area contributed by atoms with Gasteiger partial charge in [0.1, 0.15) is 5.82 Å². The summed E-state index contributed by atoms with van der Waals surface area (Å²) in [7, 11) is 1.73. The van der Waals surface area contributed by atoms with Crippen LogP contribution >= 0.6 is 11.6 Å². The zero-order valence-corrected chi connectivity index (χ0v) is 16.8. The summed E-state index contributed by atoms with van der Waals surface area (Å²) >= 11 is 5.84. The molecule has 5 nitrogen and oxygen atoms in total. The van der Waals surface area contributed by atoms with E-state index in [0.717, 1.165) is 38.4 Å². The minimum atomic E-state index is -0.412. The first-order valence-corrected chi connectivity index (χ1v) is 9.79. The highest BCUT2D eigenvalue weighted by atomic mass is 35.5. The van der Waals surface area contributed by atoms with Crippen LogP contribution in [0.15, 0.2) is 47.5 Å². The molecule has 0 unspecified atom stereocenters. The number of halogens is 2. The topological polar surface area (TPSA) is 48.9 Å². The number of aliphatic imine (C=N–C) groups is 1. The molecule has 3 rings (SSSR count). The van der Waals surface area contributed by atoms with Gasteiger partial charge >= 0.3 is 0 Å². The van der Waals surface area contributed by atoms with Crippen LogP contribution in [0.1, 0.15) is 16.7 Å². The van der Waals surface area contributed by atoms with Gasteiger partial charge in [-0.3, -0.25) is 9.89 Å². The number of morpholine rings is 1. The van der Waals surface area contributed by atoms with Crippen LogP contribution < -0.4 is 10.6 Å². The van der Waals surface area contributed by atoms with Crippen LogP contribution in [0.4, 0.5) is 4.39 Å². The van der Waals surface area contributed by atoms with Crippen LogP contribution in [0.2, 0.25) is 5.02 Å². The Bertz CT molecular complexity index is 809. The first kappa shape index (κ1) is 20.6. The monoisotopic (exact) mass is 404 g/mol. The summed E-state index contributed by atoms with van der Waals surface area (Å²) in [6.07, 6.45) is 0. The lowest BCUT2D eigenvalue weighted by molar-refractivity contribution is 0.0341. The third kappa shape index (κ3) is 5.92. The molecule has 1 saturated heterocycles. The molecule has 1 aliphatic rings. The smallest absolute Gasteiger partial charge is 0.191 e. The van der Waals surface area contributed by atoms with Crippen LogP contribution in [0.3, 0.4) is 0 Å². The highest BCUT2D eigenvalue weighted by Gasteiger charge is 2.12. The Hall–Kier alpha value is -2.15. The highest BCUT2D eigenvalue weighted by molar-refractivity contribution is 6.30. The summed E-state index contributed by atoms with van der Waals surface area (Å²) in [4.78, 5) is 6.67. The normalized spacial score (nSPS) is 15.5. The molecule has 1 heterocycles. The number of rotatable bonds is 6. The van der Waals surface area contributed by atoms with Crippen LogP contribution in [0.5, 0.6) is 0 Å². The average molecular weight is 405 g/mol. The van der Waals surface area contributed by atoms with Gasteiger partial charge in [0.05, 0.1) is 18.2 Å². The van der Waals surface area contributed by atoms with Crippen LogP contribution in [0.25, 0.3) is 0 Å². The van der Waals surface area contributed by atoms with Crippen molar-refractivity contribution >= 4 is 17.6 Å². The maximum Gasteiger partial charge on any atom is 0.191 e. The van der Waals surface area contributed by atoms with E-state index in [-0.39, 0.29) is 5.02 Å². The number of nitrogens with one attached hydrogen (secondary N) is 2. The maximum atomic E-state index is 13.3. The van der Waals surface area contributed by atoms with Crippen molar-refractivity contribution < 1.29 is 9.13 Å². The van der Waals surface area contributed by atoms with E-state index in [1.54, 1.807) is 19.2 Å². The molecule has 2 aromatic carbocycles. The standard InChI is InChI=1S/C21H26ClFN4O/c1-24-21(25-13-16-6-7-20(23)19(22)12-16)26-14-17-4-2-3-5-18(17)15-27-8-10-28-11-9-27/h2-7,12H,8-11,13-15H2,1H3,(H2,24,25,26). The van der Waals surface area contributed by atoms with Crippen molar-refractivity contribution in [3.63, 3.8) is 0 Å². The highest BCUT2D eigenvalue weighted by Crippen LogP contribution is 2.16. The molecule has 0 aromatic heterocycles. The summed E-state index contributed by atoms with van der Waals surface area (Å²) < 4.78 is 18.7. The van der Waals surface area contributed by atoms with Crippen molar-refractivity contribution in [1.29, 1.82) is 0 Å². The molecule has 0 aliphatic carbocycles. The lowest BCUT2D eigenvalue weighted by Crippen LogP contribution is -2.37. The second kappa shape index (κ2) is 10.4. The first-order valence-electron chi connectivity index (χ1n) is 9.41. The first-order chi connectivity index (χ1) is 13.7. The summed E-state index contributed by atoms with van der Waals surface area (Å²) in [6, 6.07) is 13.1. The summed E-state index contributed by atoms with van der Waals surface area (Å²) in [5.74, 6) is 0.270. The molecule has 2 aromatic rings. The minimum absolute atomic E-state index is 0.124. The van der Waals surface area contributed by atoms with E-state index < -0.39 is 5.82 Å². The fourth-order valence-corrected chi connectivity index (χ4v) is 3.32. The predicted octanol–water partition coefficient (Wildman–Crippen LogP) is 3.18. The molecule has 0 spiro atoms. The molecule has 2 N–H and O–H groups in total. The Balaban J connectivity index is 1.55. The molecular weight excluding hydrogens is 379 g/mol. The number of benzene rings is 2. The number of nitrogens with zero attached hydrogens (tertiary/aromatic N) is 2. The largest absolute Gasteiger partial charge is 0.379 e. The number of guanidine groups is 1. The molecule has 0 bridgehead atoms. The number of ether oxygens (including phenoxy) is 1. The third-order valence-electron chi connectivity index (χ3n) is 4.73. The Morgan fingerprint density at radius 3 is 2.54 bits per heavy atom. The number of hydrogen-bond donors (Lipinski definition) is 2. The molecule has 7 heteroatoms. The van der Waals surface area contributed by atoms with Crippen molar-refractivity contribution in [1.82, 2.24) is 15.5 Å². The quantitative estimate of drug-likeness (QED) is 0.573. The maximum absolute atomic E-state index is 13.3. The minimum Gasteiger partial charge on any atom is -0.379 e. The average Bonchev–Trinajstić information content (AvgIpc) is 2.72. The third-order valence-corrected chi connectivity index (χ3v) is 5.02. The van der Waals surface area contributed by atoms with E-state index in [0.29, 0.717) is 19.0 Å². The predicted molar refractivity (Wildman–Crippen MR) is 111 cm³/mol. The van der Waals surface area contributed by atoms with Crippen molar-refractivity contribution in [2.45, 2.75) is 19.6 Å². The molecule has 0 radical (unpaired) electrons. The molecule has 28 heavy (non-hydrogen) atoms. The van der Waals surface area contributed by atoms with E-state index in [1.165, 1.54) is 17.2 Å². The van der Waals surface area contributed by atoms with Gasteiger partial charge < -0.3 is 15.4 Å². The van der Waals surface area contributed by atoms with E-state index in [1.807, 2.05) is 0 Å². The van der Waals surface area contributed by atoms with Crippen LogP contribution in [-0.2, 0) is 24.4 Å². The number of hydrogen-bond acceptors (Lipinski definition) is 3. The van der Waals surface area contributed by atoms with Crippen molar-refractivity contribution in [2.75, 3.05) is 33.4 Å². The zero-order valence-electron chi connectivity index (χ0n) is 16.0. The fraction of sp³-hybridized carbons (Fsp3) is 0.381. The summed E-state index contributed by atoms with van der Waals surface area (Å²) in [5, 5.41) is 6.71. The Morgan fingerprint density at radius 2 is 1.82 bits per heavy atom. The fourth-order valence-electron chi connectivity index (χ4n) is 3.12. The molecule has 0 atom stereocenters.